The number of hydrogen-bond acceptors (Lipinski definition) is 4. The van der Waals surface area contributed by atoms with E-state index in [1.54, 1.807) is 18.2 Å². The van der Waals surface area contributed by atoms with Crippen LogP contribution in [0.2, 0.25) is 0 Å². The summed E-state index contributed by atoms with van der Waals surface area (Å²) in [6, 6.07) is 16.9. The smallest absolute Gasteiger partial charge is 0.146 e. The van der Waals surface area contributed by atoms with E-state index in [4.69, 9.17) is 0 Å². The molecule has 4 nitrogen and oxygen atoms in total. The summed E-state index contributed by atoms with van der Waals surface area (Å²) in [5.74, 6) is 1.13. The fraction of sp³-hybridized carbons (Fsp3) is 0.158. The molecule has 4 rings (SSSR count). The average molecular weight is 320 g/mol. The molecule has 0 bridgehead atoms. The summed E-state index contributed by atoms with van der Waals surface area (Å²) < 4.78 is 13.8. The lowest BCUT2D eigenvalue weighted by Gasteiger charge is -2.29. The van der Waals surface area contributed by atoms with Crippen LogP contribution in [0.1, 0.15) is 11.1 Å². The molecule has 2 heterocycles. The van der Waals surface area contributed by atoms with Crippen molar-refractivity contribution in [3.05, 3.63) is 77.9 Å². The highest BCUT2D eigenvalue weighted by atomic mass is 19.1. The van der Waals surface area contributed by atoms with Crippen molar-refractivity contribution in [3.63, 3.8) is 0 Å². The summed E-state index contributed by atoms with van der Waals surface area (Å²) in [7, 11) is 0. The molecule has 2 aromatic carbocycles. The van der Waals surface area contributed by atoms with Gasteiger partial charge < -0.3 is 10.2 Å². The zero-order valence-corrected chi connectivity index (χ0v) is 13.1. The van der Waals surface area contributed by atoms with E-state index in [1.165, 1.54) is 23.5 Å². The fourth-order valence-corrected chi connectivity index (χ4v) is 2.98. The van der Waals surface area contributed by atoms with Crippen LogP contribution in [0, 0.1) is 5.82 Å². The van der Waals surface area contributed by atoms with E-state index in [1.807, 2.05) is 6.07 Å². The molecule has 1 aliphatic rings. The van der Waals surface area contributed by atoms with Gasteiger partial charge in [-0.1, -0.05) is 36.4 Å². The molecule has 0 radical (unpaired) electrons. The van der Waals surface area contributed by atoms with Gasteiger partial charge in [0.1, 0.15) is 23.8 Å². The molecule has 0 aliphatic carbocycles. The van der Waals surface area contributed by atoms with Gasteiger partial charge in [-0.15, -0.1) is 0 Å². The predicted molar refractivity (Wildman–Crippen MR) is 92.9 cm³/mol. The lowest BCUT2D eigenvalue weighted by Crippen LogP contribution is -2.31. The highest BCUT2D eigenvalue weighted by Crippen LogP contribution is 2.25. The maximum Gasteiger partial charge on any atom is 0.146 e. The zero-order chi connectivity index (χ0) is 16.4. The maximum atomic E-state index is 13.8. The van der Waals surface area contributed by atoms with Crippen molar-refractivity contribution in [1.29, 1.82) is 0 Å². The summed E-state index contributed by atoms with van der Waals surface area (Å²) in [5.41, 5.74) is 3.13. The third-order valence-corrected chi connectivity index (χ3v) is 4.24. The third kappa shape index (κ3) is 2.93. The van der Waals surface area contributed by atoms with Gasteiger partial charge in [0.05, 0.1) is 5.69 Å². The Hall–Kier alpha value is -2.95. The number of aromatic nitrogens is 2. The summed E-state index contributed by atoms with van der Waals surface area (Å²) in [6.45, 7) is 1.74. The number of hydrogen-bond donors (Lipinski definition) is 1. The van der Waals surface area contributed by atoms with Gasteiger partial charge in [-0.2, -0.15) is 0 Å². The van der Waals surface area contributed by atoms with Crippen molar-refractivity contribution in [1.82, 2.24) is 9.97 Å². The van der Waals surface area contributed by atoms with Crippen LogP contribution in [0.5, 0.6) is 0 Å². The number of halogens is 1. The normalized spacial score (nSPS) is 13.5. The second kappa shape index (κ2) is 6.28. The number of nitrogens with zero attached hydrogens (tertiary/aromatic N) is 3. The summed E-state index contributed by atoms with van der Waals surface area (Å²) in [5, 5.41) is 3.02. The standard InChI is InChI=1S/C19H17FN4/c20-16-7-3-4-8-17(16)23-18-11-19(22-13-21-18)24-10-9-14-5-1-2-6-15(14)12-24/h1-8,11,13H,9-10,12H2,(H,21,22,23). The molecular weight excluding hydrogens is 303 g/mol. The van der Waals surface area contributed by atoms with Gasteiger partial charge in [-0.25, -0.2) is 14.4 Å². The van der Waals surface area contributed by atoms with Crippen LogP contribution in [-0.4, -0.2) is 16.5 Å². The number of nitrogens with one attached hydrogen (secondary N) is 1. The first-order chi connectivity index (χ1) is 11.8. The lowest BCUT2D eigenvalue weighted by molar-refractivity contribution is 0.632. The molecule has 0 spiro atoms. The Morgan fingerprint density at radius 1 is 0.958 bits per heavy atom. The highest BCUT2D eigenvalue weighted by Gasteiger charge is 2.17. The van der Waals surface area contributed by atoms with Crippen LogP contribution < -0.4 is 10.2 Å². The predicted octanol–water partition coefficient (Wildman–Crippen LogP) is 3.92. The van der Waals surface area contributed by atoms with Crippen LogP contribution >= 0.6 is 0 Å². The molecule has 0 saturated carbocycles. The monoisotopic (exact) mass is 320 g/mol. The molecule has 0 amide bonds. The van der Waals surface area contributed by atoms with Gasteiger partial charge in [0, 0.05) is 19.2 Å². The minimum absolute atomic E-state index is 0.301. The van der Waals surface area contributed by atoms with Gasteiger partial charge >= 0.3 is 0 Å². The summed E-state index contributed by atoms with van der Waals surface area (Å²) in [4.78, 5) is 10.8. The summed E-state index contributed by atoms with van der Waals surface area (Å²) >= 11 is 0. The third-order valence-electron chi connectivity index (χ3n) is 4.24. The van der Waals surface area contributed by atoms with Crippen LogP contribution in [-0.2, 0) is 13.0 Å². The first kappa shape index (κ1) is 14.6. The minimum atomic E-state index is -0.301. The quantitative estimate of drug-likeness (QED) is 0.794. The highest BCUT2D eigenvalue weighted by molar-refractivity contribution is 5.60. The van der Waals surface area contributed by atoms with E-state index in [0.717, 1.165) is 25.3 Å². The van der Waals surface area contributed by atoms with Gasteiger partial charge in [-0.3, -0.25) is 0 Å². The van der Waals surface area contributed by atoms with Crippen molar-refractivity contribution in [2.75, 3.05) is 16.8 Å². The lowest BCUT2D eigenvalue weighted by atomic mass is 10.00. The molecule has 120 valence electrons. The van der Waals surface area contributed by atoms with Gasteiger partial charge in [0.25, 0.3) is 0 Å². The Balaban J connectivity index is 1.56. The second-order valence-corrected chi connectivity index (χ2v) is 5.81. The Bertz CT molecular complexity index is 865. The molecule has 0 saturated heterocycles. The second-order valence-electron chi connectivity index (χ2n) is 5.81. The molecule has 1 N–H and O–H groups in total. The first-order valence-corrected chi connectivity index (χ1v) is 7.95. The van der Waals surface area contributed by atoms with Crippen molar-refractivity contribution in [3.8, 4) is 0 Å². The number of para-hydroxylation sites is 1. The first-order valence-electron chi connectivity index (χ1n) is 7.95. The largest absolute Gasteiger partial charge is 0.352 e. The van der Waals surface area contributed by atoms with Crippen LogP contribution in [0.15, 0.2) is 60.9 Å². The van der Waals surface area contributed by atoms with E-state index in [2.05, 4.69) is 44.5 Å². The maximum absolute atomic E-state index is 13.8. The van der Waals surface area contributed by atoms with E-state index < -0.39 is 0 Å². The summed E-state index contributed by atoms with van der Waals surface area (Å²) in [6.07, 6.45) is 2.51. The van der Waals surface area contributed by atoms with Crippen molar-refractivity contribution in [2.45, 2.75) is 13.0 Å². The molecule has 0 fully saturated rings. The number of anilines is 3. The Morgan fingerprint density at radius 2 is 1.75 bits per heavy atom. The number of fused-ring (bicyclic) bond motifs is 1. The SMILES string of the molecule is Fc1ccccc1Nc1cc(N2CCc3ccccc3C2)ncn1. The molecule has 1 aliphatic heterocycles. The Kier molecular flexibility index (Phi) is 3.83. The van der Waals surface area contributed by atoms with E-state index in [-0.39, 0.29) is 5.82 Å². The molecule has 0 atom stereocenters. The topological polar surface area (TPSA) is 41.0 Å². The van der Waals surface area contributed by atoms with Crippen LogP contribution in [0.3, 0.4) is 0 Å². The Labute approximate surface area is 140 Å². The fourth-order valence-electron chi connectivity index (χ4n) is 2.98. The van der Waals surface area contributed by atoms with Crippen LogP contribution in [0.25, 0.3) is 0 Å². The number of benzene rings is 2. The zero-order valence-electron chi connectivity index (χ0n) is 13.1. The number of rotatable bonds is 3. The van der Waals surface area contributed by atoms with Crippen molar-refractivity contribution >= 4 is 17.3 Å². The van der Waals surface area contributed by atoms with Crippen molar-refractivity contribution in [2.24, 2.45) is 0 Å². The van der Waals surface area contributed by atoms with Crippen LogP contribution in [0.4, 0.5) is 21.7 Å². The molecule has 3 aromatic rings. The molecule has 24 heavy (non-hydrogen) atoms. The Morgan fingerprint density at radius 3 is 2.62 bits per heavy atom. The molecular formula is C19H17FN4. The van der Waals surface area contributed by atoms with Gasteiger partial charge in [0.15, 0.2) is 0 Å². The molecule has 5 heteroatoms. The van der Waals surface area contributed by atoms with Gasteiger partial charge in [0.2, 0.25) is 0 Å². The van der Waals surface area contributed by atoms with E-state index in [0.29, 0.717) is 11.5 Å². The molecule has 1 aromatic heterocycles. The minimum Gasteiger partial charge on any atom is -0.352 e. The van der Waals surface area contributed by atoms with E-state index in [9.17, 15) is 4.39 Å². The average Bonchev–Trinajstić information content (AvgIpc) is 2.63. The van der Waals surface area contributed by atoms with E-state index >= 15 is 0 Å². The molecule has 0 unspecified atom stereocenters. The van der Waals surface area contributed by atoms with Crippen molar-refractivity contribution < 1.29 is 4.39 Å². The van der Waals surface area contributed by atoms with Gasteiger partial charge in [-0.05, 0) is 29.7 Å².